The summed E-state index contributed by atoms with van der Waals surface area (Å²) in [5, 5.41) is 8.07. The van der Waals surface area contributed by atoms with Crippen molar-refractivity contribution in [1.82, 2.24) is 15.1 Å². The number of hydrogen-bond donors (Lipinski definition) is 1. The van der Waals surface area contributed by atoms with Crippen molar-refractivity contribution < 1.29 is 0 Å². The quantitative estimate of drug-likeness (QED) is 0.806. The van der Waals surface area contributed by atoms with E-state index in [-0.39, 0.29) is 0 Å². The van der Waals surface area contributed by atoms with Gasteiger partial charge in [0.05, 0.1) is 11.4 Å². The molecule has 0 unspecified atom stereocenters. The Morgan fingerprint density at radius 1 is 1.22 bits per heavy atom. The van der Waals surface area contributed by atoms with E-state index in [1.54, 1.807) is 0 Å². The fourth-order valence-corrected chi connectivity index (χ4v) is 2.62. The fraction of sp³-hybridized carbons (Fsp3) is 0.800. The molecule has 0 aliphatic heterocycles. The smallest absolute Gasteiger partial charge is 0.0597 e. The molecule has 0 amide bonds. The normalized spacial score (nSPS) is 12.1. The van der Waals surface area contributed by atoms with Gasteiger partial charge in [0.2, 0.25) is 0 Å². The second-order valence-electron chi connectivity index (χ2n) is 5.88. The molecule has 1 aromatic rings. The van der Waals surface area contributed by atoms with E-state index in [9.17, 15) is 0 Å². The summed E-state index contributed by atoms with van der Waals surface area (Å²) in [5.41, 5.74) is 2.40. The number of nitrogens with one attached hydrogen (secondary N) is 1. The highest BCUT2D eigenvalue weighted by atomic mass is 15.3. The van der Waals surface area contributed by atoms with Crippen LogP contribution in [-0.2, 0) is 13.1 Å². The summed E-state index contributed by atoms with van der Waals surface area (Å²) in [5.74, 6) is 2.20. The van der Waals surface area contributed by atoms with Gasteiger partial charge in [0, 0.05) is 13.1 Å². The van der Waals surface area contributed by atoms with Crippen LogP contribution in [0.4, 0.5) is 0 Å². The van der Waals surface area contributed by atoms with Crippen LogP contribution in [0.5, 0.6) is 0 Å². The van der Waals surface area contributed by atoms with Crippen LogP contribution in [0, 0.1) is 24.7 Å². The molecule has 1 rings (SSSR count). The lowest BCUT2D eigenvalue weighted by atomic mass is 9.85. The van der Waals surface area contributed by atoms with Crippen LogP contribution in [-0.4, -0.2) is 16.3 Å². The predicted octanol–water partition coefficient (Wildman–Crippen LogP) is 3.23. The van der Waals surface area contributed by atoms with Crippen LogP contribution in [0.2, 0.25) is 0 Å². The van der Waals surface area contributed by atoms with E-state index in [0.29, 0.717) is 0 Å². The molecule has 0 aromatic carbocycles. The maximum Gasteiger partial charge on any atom is 0.0597 e. The molecule has 104 valence electrons. The third kappa shape index (κ3) is 4.13. The van der Waals surface area contributed by atoms with Crippen molar-refractivity contribution in [3.8, 4) is 0 Å². The van der Waals surface area contributed by atoms with E-state index in [0.717, 1.165) is 43.1 Å². The molecular formula is C15H29N3. The molecule has 0 bridgehead atoms. The Morgan fingerprint density at radius 2 is 1.83 bits per heavy atom. The lowest BCUT2D eigenvalue weighted by Gasteiger charge is -2.25. The first-order valence-corrected chi connectivity index (χ1v) is 7.19. The maximum atomic E-state index is 4.47. The van der Waals surface area contributed by atoms with Gasteiger partial charge in [-0.25, -0.2) is 0 Å². The van der Waals surface area contributed by atoms with E-state index < -0.39 is 0 Å². The van der Waals surface area contributed by atoms with Crippen LogP contribution in [0.1, 0.15) is 46.0 Å². The molecule has 0 fully saturated rings. The lowest BCUT2D eigenvalue weighted by Crippen LogP contribution is -2.30. The van der Waals surface area contributed by atoms with Crippen molar-refractivity contribution in [2.45, 2.75) is 54.6 Å². The first kappa shape index (κ1) is 15.2. The first-order chi connectivity index (χ1) is 8.45. The van der Waals surface area contributed by atoms with Gasteiger partial charge >= 0.3 is 0 Å². The fourth-order valence-electron chi connectivity index (χ4n) is 2.62. The Bertz CT molecular complexity index is 345. The van der Waals surface area contributed by atoms with Gasteiger partial charge in [0.1, 0.15) is 0 Å². The SMILES string of the molecule is CCn1nc(C)cc1CNCC(C(C)C)C(C)C. The van der Waals surface area contributed by atoms with Crippen molar-refractivity contribution in [1.29, 1.82) is 0 Å². The summed E-state index contributed by atoms with van der Waals surface area (Å²) in [6.45, 7) is 16.4. The summed E-state index contributed by atoms with van der Waals surface area (Å²) in [4.78, 5) is 0. The van der Waals surface area contributed by atoms with Crippen LogP contribution in [0.25, 0.3) is 0 Å². The lowest BCUT2D eigenvalue weighted by molar-refractivity contribution is 0.274. The van der Waals surface area contributed by atoms with Gasteiger partial charge < -0.3 is 5.32 Å². The number of rotatable bonds is 7. The van der Waals surface area contributed by atoms with Crippen molar-refractivity contribution in [2.75, 3.05) is 6.54 Å². The zero-order chi connectivity index (χ0) is 13.7. The summed E-state index contributed by atoms with van der Waals surface area (Å²) >= 11 is 0. The minimum Gasteiger partial charge on any atom is -0.311 e. The first-order valence-electron chi connectivity index (χ1n) is 7.19. The van der Waals surface area contributed by atoms with Crippen molar-refractivity contribution in [3.63, 3.8) is 0 Å². The average Bonchev–Trinajstić information content (AvgIpc) is 2.64. The Kier molecular flexibility index (Phi) is 5.86. The molecule has 3 nitrogen and oxygen atoms in total. The van der Waals surface area contributed by atoms with E-state index >= 15 is 0 Å². The molecule has 1 heterocycles. The molecule has 18 heavy (non-hydrogen) atoms. The van der Waals surface area contributed by atoms with E-state index in [4.69, 9.17) is 0 Å². The van der Waals surface area contributed by atoms with Crippen LogP contribution in [0.15, 0.2) is 6.07 Å². The van der Waals surface area contributed by atoms with Crippen molar-refractivity contribution >= 4 is 0 Å². The summed E-state index contributed by atoms with van der Waals surface area (Å²) in [7, 11) is 0. The Hall–Kier alpha value is -0.830. The van der Waals surface area contributed by atoms with Gasteiger partial charge in [0.25, 0.3) is 0 Å². The summed E-state index contributed by atoms with van der Waals surface area (Å²) in [6, 6.07) is 2.18. The van der Waals surface area contributed by atoms with Gasteiger partial charge in [-0.3, -0.25) is 4.68 Å². The van der Waals surface area contributed by atoms with E-state index in [1.807, 2.05) is 0 Å². The van der Waals surface area contributed by atoms with Gasteiger partial charge in [-0.1, -0.05) is 27.7 Å². The topological polar surface area (TPSA) is 29.9 Å². The molecule has 0 aliphatic carbocycles. The van der Waals surface area contributed by atoms with E-state index in [1.165, 1.54) is 5.69 Å². The third-order valence-electron chi connectivity index (χ3n) is 3.68. The number of nitrogens with zero attached hydrogens (tertiary/aromatic N) is 2. The standard InChI is InChI=1S/C15H29N3/c1-7-18-14(8-13(6)17-18)9-16-10-15(11(2)3)12(4)5/h8,11-12,15-16H,7,9-10H2,1-6H3. The molecule has 0 atom stereocenters. The third-order valence-corrected chi connectivity index (χ3v) is 3.68. The zero-order valence-electron chi connectivity index (χ0n) is 12.8. The van der Waals surface area contributed by atoms with Crippen molar-refractivity contribution in [3.05, 3.63) is 17.5 Å². The molecule has 1 N–H and O–H groups in total. The van der Waals surface area contributed by atoms with Crippen LogP contribution >= 0.6 is 0 Å². The van der Waals surface area contributed by atoms with Gasteiger partial charge in [0.15, 0.2) is 0 Å². The summed E-state index contributed by atoms with van der Waals surface area (Å²) in [6.07, 6.45) is 0. The molecule has 1 aromatic heterocycles. The monoisotopic (exact) mass is 251 g/mol. The van der Waals surface area contributed by atoms with Gasteiger partial charge in [-0.15, -0.1) is 0 Å². The number of hydrogen-bond acceptors (Lipinski definition) is 2. The largest absolute Gasteiger partial charge is 0.311 e. The van der Waals surface area contributed by atoms with Gasteiger partial charge in [-0.05, 0) is 44.2 Å². The highest BCUT2D eigenvalue weighted by Gasteiger charge is 2.17. The Labute approximate surface area is 112 Å². The van der Waals surface area contributed by atoms with Crippen LogP contribution < -0.4 is 5.32 Å². The Morgan fingerprint density at radius 3 is 2.33 bits per heavy atom. The molecule has 0 spiro atoms. The minimum atomic E-state index is 0.732. The molecule has 0 saturated heterocycles. The predicted molar refractivity (Wildman–Crippen MR) is 77.5 cm³/mol. The minimum absolute atomic E-state index is 0.732. The molecule has 0 radical (unpaired) electrons. The number of aromatic nitrogens is 2. The molecular weight excluding hydrogens is 222 g/mol. The van der Waals surface area contributed by atoms with E-state index in [2.05, 4.69) is 62.7 Å². The maximum absolute atomic E-state index is 4.47. The highest BCUT2D eigenvalue weighted by molar-refractivity contribution is 5.08. The second-order valence-corrected chi connectivity index (χ2v) is 5.88. The van der Waals surface area contributed by atoms with Crippen LogP contribution in [0.3, 0.4) is 0 Å². The second kappa shape index (κ2) is 6.93. The Balaban J connectivity index is 2.49. The molecule has 3 heteroatoms. The average molecular weight is 251 g/mol. The molecule has 0 aliphatic rings. The summed E-state index contributed by atoms with van der Waals surface area (Å²) < 4.78 is 2.09. The zero-order valence-corrected chi connectivity index (χ0v) is 12.8. The van der Waals surface area contributed by atoms with Gasteiger partial charge in [-0.2, -0.15) is 5.10 Å². The van der Waals surface area contributed by atoms with Crippen molar-refractivity contribution in [2.24, 2.45) is 17.8 Å². The highest BCUT2D eigenvalue weighted by Crippen LogP contribution is 2.19. The number of aryl methyl sites for hydroxylation is 2. The molecule has 0 saturated carbocycles.